The molecule has 0 aliphatic carbocycles. The minimum absolute atomic E-state index is 0.0920. The summed E-state index contributed by atoms with van der Waals surface area (Å²) in [4.78, 5) is 23.3. The highest BCUT2D eigenvalue weighted by Crippen LogP contribution is 2.20. The van der Waals surface area contributed by atoms with E-state index in [2.05, 4.69) is 26.8 Å². The molecule has 0 fully saturated rings. The highest BCUT2D eigenvalue weighted by atomic mass is 32.1. The SMILES string of the molecule is C=CCNc1nc(C(=O)OCC(O)=C(C#N)c2nc3ccccc3[nH]2)cs1. The fourth-order valence-corrected chi connectivity index (χ4v) is 2.90. The monoisotopic (exact) mass is 381 g/mol. The van der Waals surface area contributed by atoms with E-state index in [0.717, 1.165) is 5.52 Å². The Morgan fingerprint density at radius 2 is 2.26 bits per heavy atom. The number of imidazole rings is 1. The maximum absolute atomic E-state index is 12.1. The lowest BCUT2D eigenvalue weighted by atomic mass is 10.2. The zero-order chi connectivity index (χ0) is 19.2. The lowest BCUT2D eigenvalue weighted by molar-refractivity contribution is 0.0497. The molecule has 2 aromatic heterocycles. The molecule has 0 saturated carbocycles. The number of rotatable bonds is 7. The molecule has 0 radical (unpaired) electrons. The number of hydrogen-bond acceptors (Lipinski definition) is 8. The van der Waals surface area contributed by atoms with Gasteiger partial charge < -0.3 is 20.1 Å². The summed E-state index contributed by atoms with van der Waals surface area (Å²) in [5, 5.41) is 24.6. The van der Waals surface area contributed by atoms with Gasteiger partial charge in [-0.1, -0.05) is 18.2 Å². The smallest absolute Gasteiger partial charge is 0.358 e. The first-order chi connectivity index (χ1) is 13.1. The number of aliphatic hydroxyl groups excluding tert-OH is 1. The number of fused-ring (bicyclic) bond motifs is 1. The largest absolute Gasteiger partial charge is 0.507 e. The molecular formula is C18H15N5O3S. The van der Waals surface area contributed by atoms with Crippen LogP contribution in [0.4, 0.5) is 5.13 Å². The number of para-hydroxylation sites is 2. The van der Waals surface area contributed by atoms with E-state index in [1.807, 2.05) is 18.2 Å². The number of esters is 1. The molecule has 3 rings (SSSR count). The van der Waals surface area contributed by atoms with Gasteiger partial charge in [0.2, 0.25) is 0 Å². The molecule has 0 bridgehead atoms. The van der Waals surface area contributed by atoms with Crippen molar-refractivity contribution in [3.63, 3.8) is 0 Å². The second-order valence-electron chi connectivity index (χ2n) is 5.32. The first kappa shape index (κ1) is 18.2. The molecule has 3 aromatic rings. The van der Waals surface area contributed by atoms with Gasteiger partial charge in [-0.3, -0.25) is 0 Å². The van der Waals surface area contributed by atoms with Crippen molar-refractivity contribution in [2.75, 3.05) is 18.5 Å². The van der Waals surface area contributed by atoms with Crippen molar-refractivity contribution in [3.05, 3.63) is 59.6 Å². The molecule has 27 heavy (non-hydrogen) atoms. The molecule has 0 unspecified atom stereocenters. The zero-order valence-electron chi connectivity index (χ0n) is 14.1. The number of aliphatic hydroxyl groups is 1. The minimum atomic E-state index is -0.702. The van der Waals surface area contributed by atoms with Crippen LogP contribution in [0.15, 0.2) is 48.1 Å². The summed E-state index contributed by atoms with van der Waals surface area (Å²) in [6, 6.07) is 9.11. The molecule has 0 aliphatic rings. The summed E-state index contributed by atoms with van der Waals surface area (Å²) in [5.41, 5.74) is 1.41. The Morgan fingerprint density at radius 1 is 1.44 bits per heavy atom. The molecule has 8 nitrogen and oxygen atoms in total. The summed E-state index contributed by atoms with van der Waals surface area (Å²) in [7, 11) is 0. The number of nitrogens with zero attached hydrogens (tertiary/aromatic N) is 3. The van der Waals surface area contributed by atoms with E-state index >= 15 is 0 Å². The summed E-state index contributed by atoms with van der Waals surface area (Å²) >= 11 is 1.25. The third-order valence-corrected chi connectivity index (χ3v) is 4.28. The summed E-state index contributed by atoms with van der Waals surface area (Å²) in [6.07, 6.45) is 1.67. The van der Waals surface area contributed by atoms with Crippen LogP contribution in [-0.4, -0.2) is 39.2 Å². The van der Waals surface area contributed by atoms with Crippen molar-refractivity contribution in [1.82, 2.24) is 15.0 Å². The predicted molar refractivity (Wildman–Crippen MR) is 102 cm³/mol. The van der Waals surface area contributed by atoms with Crippen molar-refractivity contribution in [2.45, 2.75) is 0 Å². The zero-order valence-corrected chi connectivity index (χ0v) is 14.9. The number of thiazole rings is 1. The number of anilines is 1. The van der Waals surface area contributed by atoms with Crippen LogP contribution in [0.3, 0.4) is 0 Å². The van der Waals surface area contributed by atoms with Crippen molar-refractivity contribution in [1.29, 1.82) is 5.26 Å². The van der Waals surface area contributed by atoms with Crippen molar-refractivity contribution >= 4 is 39.0 Å². The van der Waals surface area contributed by atoms with E-state index < -0.39 is 18.3 Å². The second kappa shape index (κ2) is 8.16. The normalized spacial score (nSPS) is 11.5. The van der Waals surface area contributed by atoms with Gasteiger partial charge in [-0.25, -0.2) is 14.8 Å². The molecule has 9 heteroatoms. The van der Waals surface area contributed by atoms with Crippen LogP contribution < -0.4 is 5.32 Å². The Labute approximate surface area is 158 Å². The lowest BCUT2D eigenvalue weighted by Gasteiger charge is -2.04. The first-order valence-electron chi connectivity index (χ1n) is 7.87. The number of carbonyl (C=O) groups is 1. The number of allylic oxidation sites excluding steroid dienone is 1. The number of H-pyrrole nitrogens is 1. The Morgan fingerprint density at radius 3 is 3.00 bits per heavy atom. The van der Waals surface area contributed by atoms with Crippen LogP contribution in [0.2, 0.25) is 0 Å². The lowest BCUT2D eigenvalue weighted by Crippen LogP contribution is -2.10. The minimum Gasteiger partial charge on any atom is -0.507 e. The summed E-state index contributed by atoms with van der Waals surface area (Å²) < 4.78 is 5.04. The molecule has 2 heterocycles. The first-order valence-corrected chi connectivity index (χ1v) is 8.75. The fourth-order valence-electron chi connectivity index (χ4n) is 2.21. The standard InChI is InChI=1S/C18H15N5O3S/c1-2-7-20-18-23-14(10-27-18)17(25)26-9-15(24)11(8-19)16-21-12-5-3-4-6-13(12)22-16/h2-6,10,24H,1,7,9H2,(H,20,23)(H,21,22). The van der Waals surface area contributed by atoms with Gasteiger partial charge in [0.25, 0.3) is 0 Å². The number of ether oxygens (including phenoxy) is 1. The number of nitrogens with one attached hydrogen (secondary N) is 2. The van der Waals surface area contributed by atoms with Crippen molar-refractivity contribution < 1.29 is 14.6 Å². The van der Waals surface area contributed by atoms with E-state index in [0.29, 0.717) is 17.2 Å². The molecule has 136 valence electrons. The Balaban J connectivity index is 1.71. The maximum Gasteiger partial charge on any atom is 0.358 e. The van der Waals surface area contributed by atoms with Crippen molar-refractivity contribution in [3.8, 4) is 6.07 Å². The van der Waals surface area contributed by atoms with Gasteiger partial charge in [-0.2, -0.15) is 5.26 Å². The van der Waals surface area contributed by atoms with Gasteiger partial charge in [-0.15, -0.1) is 17.9 Å². The average Bonchev–Trinajstić information content (AvgIpc) is 3.31. The van der Waals surface area contributed by atoms with Crippen LogP contribution >= 0.6 is 11.3 Å². The van der Waals surface area contributed by atoms with Crippen LogP contribution in [-0.2, 0) is 4.74 Å². The van der Waals surface area contributed by atoms with E-state index in [1.165, 1.54) is 11.3 Å². The number of carbonyl (C=O) groups excluding carboxylic acids is 1. The Kier molecular flexibility index (Phi) is 5.49. The van der Waals surface area contributed by atoms with E-state index in [-0.39, 0.29) is 17.1 Å². The number of aromatic amines is 1. The van der Waals surface area contributed by atoms with Crippen molar-refractivity contribution in [2.24, 2.45) is 0 Å². The highest BCUT2D eigenvalue weighted by Gasteiger charge is 2.17. The maximum atomic E-state index is 12.1. The number of nitriles is 1. The number of hydrogen-bond donors (Lipinski definition) is 3. The third kappa shape index (κ3) is 4.13. The quantitative estimate of drug-likeness (QED) is 0.248. The third-order valence-electron chi connectivity index (χ3n) is 3.48. The summed E-state index contributed by atoms with van der Waals surface area (Å²) in [5.74, 6) is -0.895. The van der Waals surface area contributed by atoms with Gasteiger partial charge in [-0.05, 0) is 12.1 Å². The number of benzene rings is 1. The highest BCUT2D eigenvalue weighted by molar-refractivity contribution is 7.13. The molecule has 3 N–H and O–H groups in total. The molecule has 1 aromatic carbocycles. The van der Waals surface area contributed by atoms with Crippen LogP contribution in [0.5, 0.6) is 0 Å². The van der Waals surface area contributed by atoms with E-state index in [1.54, 1.807) is 23.6 Å². The van der Waals surface area contributed by atoms with Gasteiger partial charge in [0, 0.05) is 11.9 Å². The summed E-state index contributed by atoms with van der Waals surface area (Å²) in [6.45, 7) is 3.64. The number of aromatic nitrogens is 3. The second-order valence-corrected chi connectivity index (χ2v) is 6.18. The average molecular weight is 381 g/mol. The molecule has 0 spiro atoms. The van der Waals surface area contributed by atoms with Gasteiger partial charge in [0.1, 0.15) is 18.2 Å². The van der Waals surface area contributed by atoms with Crippen LogP contribution in [0, 0.1) is 11.3 Å². The Hall–Kier alpha value is -3.64. The van der Waals surface area contributed by atoms with Crippen LogP contribution in [0.25, 0.3) is 16.6 Å². The van der Waals surface area contributed by atoms with Gasteiger partial charge in [0.05, 0.1) is 11.0 Å². The molecular weight excluding hydrogens is 366 g/mol. The van der Waals surface area contributed by atoms with Gasteiger partial charge >= 0.3 is 5.97 Å². The molecule has 0 saturated heterocycles. The van der Waals surface area contributed by atoms with Gasteiger partial charge in [0.15, 0.2) is 22.4 Å². The van der Waals surface area contributed by atoms with Crippen LogP contribution in [0.1, 0.15) is 16.3 Å². The fraction of sp³-hybridized carbons (Fsp3) is 0.111. The molecule has 0 amide bonds. The molecule has 0 aliphatic heterocycles. The Bertz CT molecular complexity index is 1030. The van der Waals surface area contributed by atoms with E-state index in [9.17, 15) is 15.2 Å². The molecule has 0 atom stereocenters. The predicted octanol–water partition coefficient (Wildman–Crippen LogP) is 3.27. The van der Waals surface area contributed by atoms with E-state index in [4.69, 9.17) is 4.74 Å². The topological polar surface area (TPSA) is 124 Å².